The lowest BCUT2D eigenvalue weighted by Gasteiger charge is -1.93. The van der Waals surface area contributed by atoms with Crippen LogP contribution < -0.4 is 0 Å². The van der Waals surface area contributed by atoms with Crippen molar-refractivity contribution < 1.29 is 14.5 Å². The van der Waals surface area contributed by atoms with Crippen LogP contribution in [-0.4, -0.2) is 33.9 Å². The van der Waals surface area contributed by atoms with Gasteiger partial charge in [0.2, 0.25) is 0 Å². The molecule has 1 aromatic heterocycles. The summed E-state index contributed by atoms with van der Waals surface area (Å²) in [6, 6.07) is 1.67. The molecule has 0 spiro atoms. The number of carboxylic acid groups (broad SMARTS) is 1. The highest BCUT2D eigenvalue weighted by Gasteiger charge is 2.21. The first-order valence-electron chi connectivity index (χ1n) is 3.97. The van der Waals surface area contributed by atoms with E-state index < -0.39 is 5.97 Å². The van der Waals surface area contributed by atoms with Gasteiger partial charge in [0.05, 0.1) is 18.8 Å². The molecule has 0 fully saturated rings. The summed E-state index contributed by atoms with van der Waals surface area (Å²) in [6.45, 7) is 0. The van der Waals surface area contributed by atoms with E-state index in [0.29, 0.717) is 0 Å². The van der Waals surface area contributed by atoms with Gasteiger partial charge in [-0.05, 0) is 11.1 Å². The van der Waals surface area contributed by atoms with Crippen LogP contribution in [0.2, 0.25) is 0 Å². The molecule has 1 aliphatic rings. The Morgan fingerprint density at radius 3 is 3.15 bits per heavy atom. The van der Waals surface area contributed by atoms with E-state index in [4.69, 9.17) is 5.11 Å². The lowest BCUT2D eigenvalue weighted by atomic mass is 10.1. The molecule has 0 bridgehead atoms. The van der Waals surface area contributed by atoms with Crippen LogP contribution in [0.1, 0.15) is 15.9 Å². The second-order valence-electron chi connectivity index (χ2n) is 3.01. The van der Waals surface area contributed by atoms with E-state index in [0.717, 1.165) is 17.8 Å². The van der Waals surface area contributed by atoms with E-state index in [2.05, 4.69) is 4.98 Å². The van der Waals surface area contributed by atoms with Crippen LogP contribution in [0.4, 0.5) is 5.82 Å². The fraction of sp³-hybridized carbons (Fsp3) is 0.222. The van der Waals surface area contributed by atoms with Crippen LogP contribution in [0.15, 0.2) is 12.3 Å². The molecule has 0 aliphatic carbocycles. The molecule has 1 aromatic rings. The molecule has 2 rings (SSSR count). The Hall–Kier alpha value is -1.71. The Balaban J connectivity index is 2.49. The Morgan fingerprint density at radius 1 is 1.69 bits per heavy atom. The highest BCUT2D eigenvalue weighted by molar-refractivity contribution is 5.88. The third-order valence-corrected chi connectivity index (χ3v) is 2.11. The second kappa shape index (κ2) is 2.65. The van der Waals surface area contributed by atoms with Gasteiger partial charge >= 0.3 is 11.8 Å². The van der Waals surface area contributed by atoms with Crippen molar-refractivity contribution in [3.8, 4) is 0 Å². The Morgan fingerprint density at radius 2 is 2.46 bits per heavy atom. The summed E-state index contributed by atoms with van der Waals surface area (Å²) in [7, 11) is 1.90. The molecule has 4 nitrogen and oxygen atoms in total. The summed E-state index contributed by atoms with van der Waals surface area (Å²) in [5.41, 5.74) is 1.23. The lowest BCUT2D eigenvalue weighted by molar-refractivity contribution is -0.400. The van der Waals surface area contributed by atoms with E-state index in [1.54, 1.807) is 6.07 Å². The van der Waals surface area contributed by atoms with Crippen molar-refractivity contribution in [1.82, 2.24) is 4.98 Å². The van der Waals surface area contributed by atoms with Crippen LogP contribution in [0, 0.1) is 0 Å². The summed E-state index contributed by atoms with van der Waals surface area (Å²) in [5, 5.41) is 8.72. The van der Waals surface area contributed by atoms with Gasteiger partial charge in [-0.1, -0.05) is 0 Å². The quantitative estimate of drug-likeness (QED) is 0.642. The largest absolute Gasteiger partial charge is 0.478 e. The third-order valence-electron chi connectivity index (χ3n) is 2.11. The molecule has 2 heterocycles. The first-order valence-corrected chi connectivity index (χ1v) is 3.97. The summed E-state index contributed by atoms with van der Waals surface area (Å²) in [5.74, 6) is -0.0742. The van der Waals surface area contributed by atoms with Crippen LogP contribution in [0.25, 0.3) is 0 Å². The minimum atomic E-state index is -0.926. The SMILES string of the molecule is C[N+]1=CCc2cc(C(=O)O)cnc21. The average Bonchev–Trinajstić information content (AvgIpc) is 2.47. The molecule has 0 atom stereocenters. The zero-order chi connectivity index (χ0) is 9.42. The average molecular weight is 177 g/mol. The van der Waals surface area contributed by atoms with Crippen LogP contribution in [0.3, 0.4) is 0 Å². The first-order chi connectivity index (χ1) is 6.18. The Kier molecular flexibility index (Phi) is 1.62. The predicted octanol–water partition coefficient (Wildman–Crippen LogP) is 0.681. The number of aromatic carboxylic acids is 1. The molecular formula is C9H9N2O2+. The van der Waals surface area contributed by atoms with Crippen LogP contribution >= 0.6 is 0 Å². The van der Waals surface area contributed by atoms with Gasteiger partial charge < -0.3 is 5.11 Å². The zero-order valence-electron chi connectivity index (χ0n) is 7.19. The van der Waals surface area contributed by atoms with E-state index in [-0.39, 0.29) is 5.56 Å². The number of carboxylic acids is 1. The standard InChI is InChI=1S/C9H8N2O2/c1-11-3-2-6-4-7(9(12)13)5-10-8(6)11/h3-5H,2H2,1H3/p+1. The van der Waals surface area contributed by atoms with Crippen LogP contribution in [-0.2, 0) is 6.42 Å². The van der Waals surface area contributed by atoms with Crippen molar-refractivity contribution in [2.75, 3.05) is 7.05 Å². The maximum atomic E-state index is 10.6. The fourth-order valence-electron chi connectivity index (χ4n) is 1.41. The number of pyridine rings is 1. The Bertz CT molecular complexity index is 410. The highest BCUT2D eigenvalue weighted by Crippen LogP contribution is 2.20. The van der Waals surface area contributed by atoms with Crippen molar-refractivity contribution in [1.29, 1.82) is 0 Å². The summed E-state index contributed by atoms with van der Waals surface area (Å²) in [4.78, 5) is 14.7. The molecule has 1 N–H and O–H groups in total. The molecular weight excluding hydrogens is 168 g/mol. The number of fused-ring (bicyclic) bond motifs is 1. The number of rotatable bonds is 1. The third kappa shape index (κ3) is 1.20. The van der Waals surface area contributed by atoms with Gasteiger partial charge in [-0.15, -0.1) is 0 Å². The second-order valence-corrected chi connectivity index (χ2v) is 3.01. The smallest absolute Gasteiger partial charge is 0.339 e. The van der Waals surface area contributed by atoms with Gasteiger partial charge in [0.25, 0.3) is 0 Å². The normalized spacial score (nSPS) is 13.8. The van der Waals surface area contributed by atoms with Gasteiger partial charge in [0.1, 0.15) is 5.56 Å². The minimum Gasteiger partial charge on any atom is -0.478 e. The van der Waals surface area contributed by atoms with E-state index >= 15 is 0 Å². The van der Waals surface area contributed by atoms with Crippen molar-refractivity contribution in [3.63, 3.8) is 0 Å². The van der Waals surface area contributed by atoms with Gasteiger partial charge in [-0.2, -0.15) is 0 Å². The predicted molar refractivity (Wildman–Crippen MR) is 46.8 cm³/mol. The van der Waals surface area contributed by atoms with E-state index in [9.17, 15) is 4.79 Å². The van der Waals surface area contributed by atoms with E-state index in [1.807, 2.05) is 17.8 Å². The monoisotopic (exact) mass is 177 g/mol. The van der Waals surface area contributed by atoms with Crippen molar-refractivity contribution in [2.24, 2.45) is 0 Å². The molecule has 0 radical (unpaired) electrons. The topological polar surface area (TPSA) is 53.2 Å². The lowest BCUT2D eigenvalue weighted by Crippen LogP contribution is -2.00. The Labute approximate surface area is 75.2 Å². The molecule has 4 heteroatoms. The molecule has 0 saturated heterocycles. The van der Waals surface area contributed by atoms with Crippen molar-refractivity contribution >= 4 is 18.0 Å². The molecule has 0 aromatic carbocycles. The zero-order valence-corrected chi connectivity index (χ0v) is 7.19. The summed E-state index contributed by atoms with van der Waals surface area (Å²) < 4.78 is 1.90. The molecule has 66 valence electrons. The van der Waals surface area contributed by atoms with Crippen LogP contribution in [0.5, 0.6) is 0 Å². The number of aromatic nitrogens is 1. The van der Waals surface area contributed by atoms with Gasteiger partial charge in [0, 0.05) is 6.42 Å². The van der Waals surface area contributed by atoms with Gasteiger partial charge in [-0.25, -0.2) is 9.37 Å². The number of hydrogen-bond donors (Lipinski definition) is 1. The summed E-state index contributed by atoms with van der Waals surface area (Å²) >= 11 is 0. The number of carbonyl (C=O) groups is 1. The summed E-state index contributed by atoms with van der Waals surface area (Å²) in [6.07, 6.45) is 4.13. The molecule has 0 saturated carbocycles. The van der Waals surface area contributed by atoms with Crippen molar-refractivity contribution in [2.45, 2.75) is 6.42 Å². The molecule has 1 aliphatic heterocycles. The maximum Gasteiger partial charge on any atom is 0.339 e. The highest BCUT2D eigenvalue weighted by atomic mass is 16.4. The minimum absolute atomic E-state index is 0.252. The van der Waals surface area contributed by atoms with Gasteiger partial charge in [-0.3, -0.25) is 0 Å². The molecule has 0 amide bonds. The van der Waals surface area contributed by atoms with Gasteiger partial charge in [0.15, 0.2) is 6.20 Å². The number of hydrogen-bond acceptors (Lipinski definition) is 2. The molecule has 13 heavy (non-hydrogen) atoms. The fourth-order valence-corrected chi connectivity index (χ4v) is 1.41. The maximum absolute atomic E-state index is 10.6. The van der Waals surface area contributed by atoms with E-state index in [1.165, 1.54) is 6.20 Å². The molecule has 0 unspecified atom stereocenters. The van der Waals surface area contributed by atoms with Crippen molar-refractivity contribution in [3.05, 3.63) is 23.4 Å². The number of nitrogens with zero attached hydrogens (tertiary/aromatic N) is 2. The first kappa shape index (κ1) is 7.91.